The normalized spacial score (nSPS) is 11.3. The van der Waals surface area contributed by atoms with E-state index in [0.717, 1.165) is 0 Å². The summed E-state index contributed by atoms with van der Waals surface area (Å²) < 4.78 is 24.6. The third kappa shape index (κ3) is 6.09. The topological polar surface area (TPSA) is 40.5 Å². The summed E-state index contributed by atoms with van der Waals surface area (Å²) in [5.41, 5.74) is 0.505. The molecule has 0 aliphatic rings. The lowest BCUT2D eigenvalue weighted by atomic mass is 10.1. The van der Waals surface area contributed by atoms with Crippen LogP contribution in [0.15, 0.2) is 24.3 Å². The van der Waals surface area contributed by atoms with Crippen molar-refractivity contribution < 1.29 is 18.7 Å². The molecule has 0 saturated heterocycles. The molecule has 0 spiro atoms. The fraction of sp³-hybridized carbons (Fsp3) is 0.462. The van der Waals surface area contributed by atoms with Gasteiger partial charge in [-0.1, -0.05) is 11.6 Å². The van der Waals surface area contributed by atoms with Crippen LogP contribution in [0.2, 0.25) is 5.02 Å². The Morgan fingerprint density at radius 1 is 1.26 bits per heavy atom. The summed E-state index contributed by atoms with van der Waals surface area (Å²) in [4.78, 5) is 13.2. The first-order valence-electron chi connectivity index (χ1n) is 5.93. The van der Waals surface area contributed by atoms with E-state index in [4.69, 9.17) is 16.7 Å². The summed E-state index contributed by atoms with van der Waals surface area (Å²) in [7, 11) is 0. The predicted molar refractivity (Wildman–Crippen MR) is 69.9 cm³/mol. The molecule has 0 unspecified atom stereocenters. The number of aliphatic hydroxyl groups is 1. The van der Waals surface area contributed by atoms with E-state index < -0.39 is 13.0 Å². The van der Waals surface area contributed by atoms with Crippen LogP contribution in [-0.4, -0.2) is 48.5 Å². The molecule has 19 heavy (non-hydrogen) atoms. The van der Waals surface area contributed by atoms with E-state index in [2.05, 4.69) is 0 Å². The fourth-order valence-corrected chi connectivity index (χ4v) is 1.80. The van der Waals surface area contributed by atoms with Crippen molar-refractivity contribution in [1.29, 1.82) is 0 Å². The molecule has 0 amide bonds. The maximum Gasteiger partial charge on any atom is 0.251 e. The molecule has 6 heteroatoms. The lowest BCUT2D eigenvalue weighted by molar-refractivity contribution is 0.0732. The van der Waals surface area contributed by atoms with Crippen molar-refractivity contribution in [1.82, 2.24) is 4.90 Å². The van der Waals surface area contributed by atoms with Gasteiger partial charge >= 0.3 is 0 Å². The van der Waals surface area contributed by atoms with Crippen molar-refractivity contribution in [3.05, 3.63) is 34.9 Å². The zero-order chi connectivity index (χ0) is 14.3. The molecule has 106 valence electrons. The summed E-state index contributed by atoms with van der Waals surface area (Å²) in [5, 5.41) is 9.31. The molecular weight excluding hydrogens is 276 g/mol. The van der Waals surface area contributed by atoms with Crippen molar-refractivity contribution >= 4 is 17.4 Å². The van der Waals surface area contributed by atoms with Gasteiger partial charge in [0.1, 0.15) is 0 Å². The van der Waals surface area contributed by atoms with Gasteiger partial charge in [0.05, 0.1) is 13.2 Å². The van der Waals surface area contributed by atoms with Crippen molar-refractivity contribution in [2.24, 2.45) is 0 Å². The molecule has 0 fully saturated rings. The Morgan fingerprint density at radius 2 is 1.89 bits per heavy atom. The zero-order valence-corrected chi connectivity index (χ0v) is 11.1. The molecule has 0 heterocycles. The molecule has 0 bridgehead atoms. The standard InChI is InChI=1S/C13H16ClF2NO2/c14-11-3-1-10(2-4-11)12(19)5-6-17(7-8-18)9-13(15)16/h1-4,13,18H,5-9H2. The van der Waals surface area contributed by atoms with Gasteiger partial charge in [-0.25, -0.2) is 8.78 Å². The summed E-state index contributed by atoms with van der Waals surface area (Å²) >= 11 is 5.71. The monoisotopic (exact) mass is 291 g/mol. The van der Waals surface area contributed by atoms with E-state index in [1.807, 2.05) is 0 Å². The minimum Gasteiger partial charge on any atom is -0.395 e. The van der Waals surface area contributed by atoms with Crippen LogP contribution in [0.1, 0.15) is 16.8 Å². The highest BCUT2D eigenvalue weighted by molar-refractivity contribution is 6.30. The predicted octanol–water partition coefficient (Wildman–Crippen LogP) is 2.47. The van der Waals surface area contributed by atoms with Crippen LogP contribution in [0.4, 0.5) is 8.78 Å². The number of Topliss-reactive ketones (excluding diaryl/α,β-unsaturated/α-hetero) is 1. The molecule has 1 aromatic rings. The van der Waals surface area contributed by atoms with Gasteiger partial charge in [0.15, 0.2) is 5.78 Å². The van der Waals surface area contributed by atoms with Crippen LogP contribution in [0.25, 0.3) is 0 Å². The van der Waals surface area contributed by atoms with Crippen LogP contribution in [0.3, 0.4) is 0 Å². The zero-order valence-electron chi connectivity index (χ0n) is 10.4. The van der Waals surface area contributed by atoms with Gasteiger partial charge in [0.2, 0.25) is 0 Å². The Labute approximate surface area is 115 Å². The highest BCUT2D eigenvalue weighted by Gasteiger charge is 2.14. The van der Waals surface area contributed by atoms with Crippen LogP contribution in [0, 0.1) is 0 Å². The number of carbonyl (C=O) groups excluding carboxylic acids is 1. The number of hydrogen-bond donors (Lipinski definition) is 1. The molecule has 0 aromatic heterocycles. The van der Waals surface area contributed by atoms with Gasteiger partial charge < -0.3 is 5.11 Å². The number of benzene rings is 1. The average Bonchev–Trinajstić information content (AvgIpc) is 2.36. The Hall–Kier alpha value is -1.04. The van der Waals surface area contributed by atoms with Crippen LogP contribution >= 0.6 is 11.6 Å². The van der Waals surface area contributed by atoms with Gasteiger partial charge in [0, 0.05) is 30.1 Å². The van der Waals surface area contributed by atoms with Gasteiger partial charge in [-0.15, -0.1) is 0 Å². The largest absolute Gasteiger partial charge is 0.395 e. The molecule has 0 aliphatic heterocycles. The van der Waals surface area contributed by atoms with Crippen molar-refractivity contribution in [3.63, 3.8) is 0 Å². The summed E-state index contributed by atoms with van der Waals surface area (Å²) in [6.45, 7) is -0.305. The van der Waals surface area contributed by atoms with E-state index in [9.17, 15) is 13.6 Å². The summed E-state index contributed by atoms with van der Waals surface area (Å²) in [6, 6.07) is 6.43. The molecule has 3 nitrogen and oxygen atoms in total. The van der Waals surface area contributed by atoms with Crippen LogP contribution in [0.5, 0.6) is 0 Å². The van der Waals surface area contributed by atoms with E-state index in [1.165, 1.54) is 4.90 Å². The highest BCUT2D eigenvalue weighted by Crippen LogP contribution is 2.11. The number of halogens is 3. The maximum absolute atomic E-state index is 12.3. The number of hydrogen-bond acceptors (Lipinski definition) is 3. The van der Waals surface area contributed by atoms with E-state index in [-0.39, 0.29) is 31.9 Å². The number of nitrogens with zero attached hydrogens (tertiary/aromatic N) is 1. The Balaban J connectivity index is 2.49. The second kappa shape index (κ2) is 8.19. The smallest absolute Gasteiger partial charge is 0.251 e. The van der Waals surface area contributed by atoms with E-state index in [1.54, 1.807) is 24.3 Å². The van der Waals surface area contributed by atoms with E-state index >= 15 is 0 Å². The lowest BCUT2D eigenvalue weighted by Gasteiger charge is -2.20. The molecule has 0 radical (unpaired) electrons. The highest BCUT2D eigenvalue weighted by atomic mass is 35.5. The average molecular weight is 292 g/mol. The van der Waals surface area contributed by atoms with Gasteiger partial charge in [-0.3, -0.25) is 9.69 Å². The minimum absolute atomic E-state index is 0.131. The second-order valence-corrected chi connectivity index (χ2v) is 4.53. The first kappa shape index (κ1) is 16.0. The molecule has 0 saturated carbocycles. The minimum atomic E-state index is -2.47. The molecule has 0 atom stereocenters. The van der Waals surface area contributed by atoms with Crippen molar-refractivity contribution in [2.45, 2.75) is 12.8 Å². The lowest BCUT2D eigenvalue weighted by Crippen LogP contribution is -2.33. The quantitative estimate of drug-likeness (QED) is 0.748. The molecule has 0 aliphatic carbocycles. The SMILES string of the molecule is O=C(CCN(CCO)CC(F)F)c1ccc(Cl)cc1. The van der Waals surface area contributed by atoms with Crippen LogP contribution < -0.4 is 0 Å². The van der Waals surface area contributed by atoms with E-state index in [0.29, 0.717) is 10.6 Å². The molecular formula is C13H16ClF2NO2. The third-order valence-corrected chi connectivity index (χ3v) is 2.89. The number of carbonyl (C=O) groups is 1. The molecule has 1 N–H and O–H groups in total. The van der Waals surface area contributed by atoms with Gasteiger partial charge in [-0.05, 0) is 24.3 Å². The van der Waals surface area contributed by atoms with Crippen LogP contribution in [-0.2, 0) is 0 Å². The Bertz CT molecular complexity index is 398. The summed E-state index contributed by atoms with van der Waals surface area (Å²) in [5.74, 6) is -0.131. The molecule has 1 rings (SSSR count). The number of alkyl halides is 2. The third-order valence-electron chi connectivity index (χ3n) is 2.63. The number of aliphatic hydroxyl groups excluding tert-OH is 1. The Morgan fingerprint density at radius 3 is 2.42 bits per heavy atom. The number of ketones is 1. The number of rotatable bonds is 8. The molecule has 1 aromatic carbocycles. The first-order chi connectivity index (χ1) is 9.02. The van der Waals surface area contributed by atoms with Gasteiger partial charge in [0.25, 0.3) is 6.43 Å². The van der Waals surface area contributed by atoms with Crippen molar-refractivity contribution in [3.8, 4) is 0 Å². The van der Waals surface area contributed by atoms with Crippen molar-refractivity contribution in [2.75, 3.05) is 26.2 Å². The first-order valence-corrected chi connectivity index (χ1v) is 6.31. The van der Waals surface area contributed by atoms with Gasteiger partial charge in [-0.2, -0.15) is 0 Å². The fourth-order valence-electron chi connectivity index (χ4n) is 1.67. The second-order valence-electron chi connectivity index (χ2n) is 4.10. The summed E-state index contributed by atoms with van der Waals surface area (Å²) in [6.07, 6.45) is -2.34. The Kier molecular flexibility index (Phi) is 6.91. The maximum atomic E-state index is 12.3.